The normalized spacial score (nSPS) is 21.5. The van der Waals surface area contributed by atoms with E-state index in [2.05, 4.69) is 10.3 Å². The van der Waals surface area contributed by atoms with Crippen LogP contribution >= 0.6 is 0 Å². The summed E-state index contributed by atoms with van der Waals surface area (Å²) in [6, 6.07) is 0. The van der Waals surface area contributed by atoms with Gasteiger partial charge in [0.1, 0.15) is 11.8 Å². The predicted molar refractivity (Wildman–Crippen MR) is 66.4 cm³/mol. The van der Waals surface area contributed by atoms with Gasteiger partial charge in [-0.3, -0.25) is 9.59 Å². The number of aliphatic imine (C=N–C) groups is 1. The first-order valence-corrected chi connectivity index (χ1v) is 6.08. The molecule has 1 rings (SSSR count). The number of nitrogens with two attached hydrogens (primary N) is 1. The third-order valence-corrected chi connectivity index (χ3v) is 3.41. The van der Waals surface area contributed by atoms with Gasteiger partial charge >= 0.3 is 0 Å². The van der Waals surface area contributed by atoms with Crippen LogP contribution in [0.5, 0.6) is 0 Å². The number of carbonyl (C=O) groups is 2. The Morgan fingerprint density at radius 3 is 2.24 bits per heavy atom. The Hall–Kier alpha value is -1.23. The van der Waals surface area contributed by atoms with E-state index in [1.165, 1.54) is 0 Å². The van der Waals surface area contributed by atoms with Gasteiger partial charge in [0.25, 0.3) is 5.91 Å². The lowest BCUT2D eigenvalue weighted by Crippen LogP contribution is -2.59. The first-order valence-electron chi connectivity index (χ1n) is 6.08. The zero-order valence-corrected chi connectivity index (χ0v) is 10.9. The fourth-order valence-corrected chi connectivity index (χ4v) is 1.92. The summed E-state index contributed by atoms with van der Waals surface area (Å²) >= 11 is 0. The Balaban J connectivity index is 3.05. The van der Waals surface area contributed by atoms with Crippen molar-refractivity contribution in [3.05, 3.63) is 0 Å². The molecule has 0 radical (unpaired) electrons. The molecule has 1 heterocycles. The van der Waals surface area contributed by atoms with E-state index in [4.69, 9.17) is 5.73 Å². The molecule has 0 bridgehead atoms. The van der Waals surface area contributed by atoms with E-state index < -0.39 is 11.5 Å². The van der Waals surface area contributed by atoms with Crippen LogP contribution in [0, 0.1) is 11.8 Å². The summed E-state index contributed by atoms with van der Waals surface area (Å²) in [5, 5.41) is 2.69. The van der Waals surface area contributed by atoms with Gasteiger partial charge in [-0.25, -0.2) is 0 Å². The number of hydrogen-bond acceptors (Lipinski definition) is 3. The van der Waals surface area contributed by atoms with E-state index in [0.717, 1.165) is 0 Å². The number of rotatable bonds is 4. The van der Waals surface area contributed by atoms with Gasteiger partial charge in [0.2, 0.25) is 5.91 Å². The monoisotopic (exact) mass is 239 g/mol. The molecule has 1 atom stereocenters. The minimum atomic E-state index is -0.715. The summed E-state index contributed by atoms with van der Waals surface area (Å²) in [5.41, 5.74) is 5.40. The third kappa shape index (κ3) is 2.54. The lowest BCUT2D eigenvalue weighted by atomic mass is 9.88. The standard InChI is InChI=1S/C12H21N3O2/c1-5-12(13,6-2)11-14-9(16)8(7(3)4)10(17)15-11/h7-8H,5-6,13H2,1-4H3,(H,14,15,16,17). The quantitative estimate of drug-likeness (QED) is 0.713. The molecule has 5 heteroatoms. The number of amides is 2. The summed E-state index contributed by atoms with van der Waals surface area (Å²) in [7, 11) is 0. The second-order valence-corrected chi connectivity index (χ2v) is 4.87. The largest absolute Gasteiger partial charge is 0.319 e. The molecule has 0 spiro atoms. The van der Waals surface area contributed by atoms with Gasteiger partial charge in [-0.2, -0.15) is 4.99 Å². The first kappa shape index (κ1) is 13.8. The van der Waals surface area contributed by atoms with Gasteiger partial charge in [0, 0.05) is 0 Å². The topological polar surface area (TPSA) is 84.5 Å². The van der Waals surface area contributed by atoms with Gasteiger partial charge in [0.05, 0.1) is 5.54 Å². The predicted octanol–water partition coefficient (Wildman–Crippen LogP) is 0.831. The minimum absolute atomic E-state index is 0.0526. The highest BCUT2D eigenvalue weighted by molar-refractivity contribution is 6.18. The fourth-order valence-electron chi connectivity index (χ4n) is 1.92. The lowest BCUT2D eigenvalue weighted by molar-refractivity contribution is -0.135. The smallest absolute Gasteiger partial charge is 0.260 e. The van der Waals surface area contributed by atoms with Crippen molar-refractivity contribution in [3.8, 4) is 0 Å². The van der Waals surface area contributed by atoms with E-state index in [1.54, 1.807) is 0 Å². The summed E-state index contributed by atoms with van der Waals surface area (Å²) in [6.45, 7) is 7.49. The van der Waals surface area contributed by atoms with Crippen molar-refractivity contribution in [1.82, 2.24) is 5.32 Å². The van der Waals surface area contributed by atoms with E-state index in [-0.39, 0.29) is 17.7 Å². The second kappa shape index (κ2) is 4.96. The van der Waals surface area contributed by atoms with Gasteiger partial charge < -0.3 is 11.1 Å². The van der Waals surface area contributed by atoms with Crippen LogP contribution in [0.2, 0.25) is 0 Å². The number of nitrogens with zero attached hydrogens (tertiary/aromatic N) is 1. The molecular weight excluding hydrogens is 218 g/mol. The molecule has 96 valence electrons. The first-order chi connectivity index (χ1) is 7.85. The van der Waals surface area contributed by atoms with Gasteiger partial charge in [-0.1, -0.05) is 27.7 Å². The molecule has 0 saturated heterocycles. The van der Waals surface area contributed by atoms with Crippen molar-refractivity contribution in [2.45, 2.75) is 46.1 Å². The fraction of sp³-hybridized carbons (Fsp3) is 0.750. The summed E-state index contributed by atoms with van der Waals surface area (Å²) in [6.07, 6.45) is 1.25. The lowest BCUT2D eigenvalue weighted by Gasteiger charge is -2.32. The molecule has 1 aliphatic rings. The molecule has 2 amide bonds. The van der Waals surface area contributed by atoms with Crippen LogP contribution in [0.15, 0.2) is 4.99 Å². The van der Waals surface area contributed by atoms with Crippen molar-refractivity contribution in [3.63, 3.8) is 0 Å². The van der Waals surface area contributed by atoms with Crippen molar-refractivity contribution in [2.24, 2.45) is 22.6 Å². The Kier molecular flexibility index (Phi) is 4.03. The minimum Gasteiger partial charge on any atom is -0.319 e. The molecule has 5 nitrogen and oxygen atoms in total. The van der Waals surface area contributed by atoms with E-state index in [9.17, 15) is 9.59 Å². The molecule has 0 fully saturated rings. The van der Waals surface area contributed by atoms with Crippen LogP contribution in [0.3, 0.4) is 0 Å². The highest BCUT2D eigenvalue weighted by Gasteiger charge is 2.39. The van der Waals surface area contributed by atoms with Gasteiger partial charge in [0.15, 0.2) is 0 Å². The Morgan fingerprint density at radius 2 is 1.88 bits per heavy atom. The summed E-state index contributed by atoms with van der Waals surface area (Å²) in [5.74, 6) is -1.09. The van der Waals surface area contributed by atoms with Crippen LogP contribution in [0.4, 0.5) is 0 Å². The second-order valence-electron chi connectivity index (χ2n) is 4.87. The molecule has 0 aromatic carbocycles. The van der Waals surface area contributed by atoms with Gasteiger partial charge in [-0.05, 0) is 18.8 Å². The molecular formula is C12H21N3O2. The van der Waals surface area contributed by atoms with Crippen LogP contribution < -0.4 is 11.1 Å². The Labute approximate surface area is 102 Å². The van der Waals surface area contributed by atoms with E-state index in [0.29, 0.717) is 18.7 Å². The van der Waals surface area contributed by atoms with Crippen LogP contribution in [-0.4, -0.2) is 23.2 Å². The van der Waals surface area contributed by atoms with Crippen LogP contribution in [0.1, 0.15) is 40.5 Å². The zero-order chi connectivity index (χ0) is 13.2. The maximum Gasteiger partial charge on any atom is 0.260 e. The molecule has 0 aromatic heterocycles. The average molecular weight is 239 g/mol. The van der Waals surface area contributed by atoms with Crippen molar-refractivity contribution >= 4 is 17.6 Å². The highest BCUT2D eigenvalue weighted by Crippen LogP contribution is 2.20. The molecule has 0 aliphatic carbocycles. The van der Waals surface area contributed by atoms with Crippen molar-refractivity contribution in [1.29, 1.82) is 0 Å². The van der Waals surface area contributed by atoms with E-state index in [1.807, 2.05) is 27.7 Å². The number of carbonyl (C=O) groups excluding carboxylic acids is 2. The third-order valence-electron chi connectivity index (χ3n) is 3.41. The molecule has 1 aliphatic heterocycles. The molecule has 0 saturated carbocycles. The maximum absolute atomic E-state index is 11.9. The Bertz CT molecular complexity index is 357. The number of nitrogens with one attached hydrogen (secondary N) is 1. The van der Waals surface area contributed by atoms with Gasteiger partial charge in [-0.15, -0.1) is 0 Å². The maximum atomic E-state index is 11.9. The SMILES string of the molecule is CCC(N)(CC)C1=NC(=O)C(C(C)C)C(=O)N1. The zero-order valence-electron chi connectivity index (χ0n) is 10.9. The molecule has 17 heavy (non-hydrogen) atoms. The van der Waals surface area contributed by atoms with Crippen LogP contribution in [0.25, 0.3) is 0 Å². The molecule has 3 N–H and O–H groups in total. The Morgan fingerprint density at radius 1 is 1.35 bits per heavy atom. The summed E-state index contributed by atoms with van der Waals surface area (Å²) in [4.78, 5) is 27.7. The van der Waals surface area contributed by atoms with Crippen molar-refractivity contribution in [2.75, 3.05) is 0 Å². The van der Waals surface area contributed by atoms with Crippen LogP contribution in [-0.2, 0) is 9.59 Å². The van der Waals surface area contributed by atoms with E-state index >= 15 is 0 Å². The summed E-state index contributed by atoms with van der Waals surface area (Å²) < 4.78 is 0. The number of hydrogen-bond donors (Lipinski definition) is 2. The number of amidine groups is 1. The molecule has 1 unspecified atom stereocenters. The molecule has 0 aromatic rings. The highest BCUT2D eigenvalue weighted by atomic mass is 16.2. The van der Waals surface area contributed by atoms with Crippen molar-refractivity contribution < 1.29 is 9.59 Å². The average Bonchev–Trinajstić information content (AvgIpc) is 2.26.